The Hall–Kier alpha value is -3.06. The molecule has 1 aliphatic rings. The fourth-order valence-electron chi connectivity index (χ4n) is 3.91. The van der Waals surface area contributed by atoms with Crippen molar-refractivity contribution in [1.29, 1.82) is 0 Å². The molecule has 3 rings (SSSR count). The van der Waals surface area contributed by atoms with E-state index in [0.717, 1.165) is 5.56 Å². The fraction of sp³-hybridized carbons (Fsp3) is 0.375. The molecular weight excluding hydrogens is 399 g/mol. The highest BCUT2D eigenvalue weighted by molar-refractivity contribution is 6.03. The molecule has 2 aromatic rings. The molecule has 1 heterocycles. The number of ketones is 1. The first kappa shape index (κ1) is 22.6. The molecule has 3 N–H and O–H groups in total. The normalized spacial score (nSPS) is 16.3. The molecule has 7 heteroatoms. The molecular formula is C24H27FN2O4. The maximum atomic E-state index is 13.6. The van der Waals surface area contributed by atoms with Crippen LogP contribution in [0, 0.1) is 5.82 Å². The van der Waals surface area contributed by atoms with Crippen LogP contribution in [0.5, 0.6) is 0 Å². The standard InChI is InChI=1S/C24H27FN2O4/c25-17-10-11-18-19(15-22(28)27-21(18)14-17)24(31)20(26-13-5-4-8-23(29)30)12-9-16-6-2-1-3-7-16/h1-3,6-7,10-11,14,19-20,26H,4-5,8-9,12-13,15H2,(H,27,28)(H,29,30). The number of carboxylic acids is 1. The first-order valence-corrected chi connectivity index (χ1v) is 10.6. The van der Waals surface area contributed by atoms with Crippen molar-refractivity contribution in [2.75, 3.05) is 11.9 Å². The number of carbonyl (C=O) groups excluding carboxylic acids is 2. The Labute approximate surface area is 180 Å². The molecule has 0 spiro atoms. The number of hydrogen-bond donors (Lipinski definition) is 3. The molecule has 0 saturated heterocycles. The number of unbranched alkanes of at least 4 members (excludes halogenated alkanes) is 1. The van der Waals surface area contributed by atoms with Crippen molar-refractivity contribution in [3.8, 4) is 0 Å². The van der Waals surface area contributed by atoms with E-state index < -0.39 is 23.7 Å². The summed E-state index contributed by atoms with van der Waals surface area (Å²) < 4.78 is 13.6. The molecule has 164 valence electrons. The summed E-state index contributed by atoms with van der Waals surface area (Å²) in [5.74, 6) is -2.36. The number of amides is 1. The summed E-state index contributed by atoms with van der Waals surface area (Å²) in [4.78, 5) is 36.3. The van der Waals surface area contributed by atoms with Gasteiger partial charge in [0.25, 0.3) is 0 Å². The Bertz CT molecular complexity index is 932. The summed E-state index contributed by atoms with van der Waals surface area (Å²) in [5, 5.41) is 14.7. The van der Waals surface area contributed by atoms with Gasteiger partial charge in [0.05, 0.1) is 12.0 Å². The van der Waals surface area contributed by atoms with E-state index in [1.54, 1.807) is 6.07 Å². The first-order chi connectivity index (χ1) is 14.9. The van der Waals surface area contributed by atoms with Crippen LogP contribution in [0.2, 0.25) is 0 Å². The molecule has 1 amide bonds. The number of aryl methyl sites for hydroxylation is 1. The van der Waals surface area contributed by atoms with Crippen LogP contribution in [0.15, 0.2) is 48.5 Å². The summed E-state index contributed by atoms with van der Waals surface area (Å²) >= 11 is 0. The Balaban J connectivity index is 1.73. The topological polar surface area (TPSA) is 95.5 Å². The zero-order chi connectivity index (χ0) is 22.2. The number of nitrogens with one attached hydrogen (secondary N) is 2. The monoisotopic (exact) mass is 426 g/mol. The smallest absolute Gasteiger partial charge is 0.303 e. The second kappa shape index (κ2) is 10.8. The van der Waals surface area contributed by atoms with Gasteiger partial charge in [-0.3, -0.25) is 14.4 Å². The lowest BCUT2D eigenvalue weighted by atomic mass is 9.83. The number of carbonyl (C=O) groups is 3. The van der Waals surface area contributed by atoms with E-state index in [-0.39, 0.29) is 24.5 Å². The van der Waals surface area contributed by atoms with Crippen molar-refractivity contribution in [3.63, 3.8) is 0 Å². The lowest BCUT2D eigenvalue weighted by Gasteiger charge is -2.28. The van der Waals surface area contributed by atoms with E-state index in [1.807, 2.05) is 30.3 Å². The van der Waals surface area contributed by atoms with Gasteiger partial charge in [0.1, 0.15) is 5.82 Å². The lowest BCUT2D eigenvalue weighted by Crippen LogP contribution is -2.42. The Kier molecular flexibility index (Phi) is 7.89. The summed E-state index contributed by atoms with van der Waals surface area (Å²) in [6.45, 7) is 0.508. The van der Waals surface area contributed by atoms with Crippen LogP contribution in [0.3, 0.4) is 0 Å². The lowest BCUT2D eigenvalue weighted by molar-refractivity contribution is -0.137. The average Bonchev–Trinajstić information content (AvgIpc) is 2.74. The highest BCUT2D eigenvalue weighted by atomic mass is 19.1. The van der Waals surface area contributed by atoms with Gasteiger partial charge >= 0.3 is 5.97 Å². The van der Waals surface area contributed by atoms with Crippen LogP contribution >= 0.6 is 0 Å². The number of benzene rings is 2. The van der Waals surface area contributed by atoms with Gasteiger partial charge in [-0.05, 0) is 55.5 Å². The largest absolute Gasteiger partial charge is 0.481 e. The summed E-state index contributed by atoms with van der Waals surface area (Å²) in [6.07, 6.45) is 2.52. The van der Waals surface area contributed by atoms with Crippen LogP contribution in [0.1, 0.15) is 49.1 Å². The van der Waals surface area contributed by atoms with Crippen LogP contribution in [0.4, 0.5) is 10.1 Å². The zero-order valence-electron chi connectivity index (χ0n) is 17.3. The van der Waals surface area contributed by atoms with E-state index in [0.29, 0.717) is 43.5 Å². The molecule has 0 fully saturated rings. The third-order valence-corrected chi connectivity index (χ3v) is 5.51. The number of halogens is 1. The Morgan fingerprint density at radius 3 is 2.68 bits per heavy atom. The third kappa shape index (κ3) is 6.46. The molecule has 0 saturated carbocycles. The van der Waals surface area contributed by atoms with Gasteiger partial charge < -0.3 is 15.7 Å². The maximum Gasteiger partial charge on any atom is 0.303 e. The molecule has 2 unspecified atom stereocenters. The van der Waals surface area contributed by atoms with E-state index >= 15 is 0 Å². The molecule has 1 aliphatic heterocycles. The number of hydrogen-bond acceptors (Lipinski definition) is 4. The molecule has 0 aromatic heterocycles. The number of carboxylic acid groups (broad SMARTS) is 1. The van der Waals surface area contributed by atoms with Crippen molar-refractivity contribution in [2.45, 2.75) is 50.5 Å². The molecule has 2 aromatic carbocycles. The minimum atomic E-state index is -0.839. The zero-order valence-corrected chi connectivity index (χ0v) is 17.3. The van der Waals surface area contributed by atoms with E-state index in [2.05, 4.69) is 10.6 Å². The van der Waals surface area contributed by atoms with Crippen LogP contribution in [0.25, 0.3) is 0 Å². The Morgan fingerprint density at radius 2 is 1.94 bits per heavy atom. The van der Waals surface area contributed by atoms with Crippen molar-refractivity contribution in [2.24, 2.45) is 0 Å². The Morgan fingerprint density at radius 1 is 1.16 bits per heavy atom. The van der Waals surface area contributed by atoms with Gasteiger partial charge in [0.15, 0.2) is 5.78 Å². The number of fused-ring (bicyclic) bond motifs is 1. The summed E-state index contributed by atoms with van der Waals surface area (Å²) in [5.41, 5.74) is 2.08. The minimum Gasteiger partial charge on any atom is -0.481 e. The van der Waals surface area contributed by atoms with Crippen molar-refractivity contribution >= 4 is 23.3 Å². The van der Waals surface area contributed by atoms with Crippen molar-refractivity contribution in [1.82, 2.24) is 5.32 Å². The first-order valence-electron chi connectivity index (χ1n) is 10.6. The molecule has 31 heavy (non-hydrogen) atoms. The molecule has 0 radical (unpaired) electrons. The highest BCUT2D eigenvalue weighted by Crippen LogP contribution is 2.34. The second-order valence-electron chi connectivity index (χ2n) is 7.82. The number of rotatable bonds is 11. The predicted octanol–water partition coefficient (Wildman–Crippen LogP) is 3.67. The van der Waals surface area contributed by atoms with Crippen LogP contribution in [-0.2, 0) is 20.8 Å². The van der Waals surface area contributed by atoms with Gasteiger partial charge in [-0.2, -0.15) is 0 Å². The van der Waals surface area contributed by atoms with Crippen LogP contribution in [-0.4, -0.2) is 35.4 Å². The number of aliphatic carboxylic acids is 1. The van der Waals surface area contributed by atoms with Gasteiger partial charge in [0.2, 0.25) is 5.91 Å². The summed E-state index contributed by atoms with van der Waals surface area (Å²) in [7, 11) is 0. The molecule has 6 nitrogen and oxygen atoms in total. The van der Waals surface area contributed by atoms with Gasteiger partial charge in [-0.25, -0.2) is 4.39 Å². The van der Waals surface area contributed by atoms with Gasteiger partial charge in [-0.15, -0.1) is 0 Å². The SMILES string of the molecule is O=C(O)CCCCNC(CCc1ccccc1)C(=O)C1CC(=O)Nc2cc(F)ccc21. The third-order valence-electron chi connectivity index (χ3n) is 5.51. The van der Waals surface area contributed by atoms with E-state index in [4.69, 9.17) is 5.11 Å². The van der Waals surface area contributed by atoms with Gasteiger partial charge in [-0.1, -0.05) is 36.4 Å². The number of anilines is 1. The summed E-state index contributed by atoms with van der Waals surface area (Å²) in [6, 6.07) is 13.4. The highest BCUT2D eigenvalue weighted by Gasteiger charge is 2.34. The quantitative estimate of drug-likeness (QED) is 0.477. The molecule has 0 aliphatic carbocycles. The van der Waals surface area contributed by atoms with E-state index in [1.165, 1.54) is 12.1 Å². The predicted molar refractivity (Wildman–Crippen MR) is 115 cm³/mol. The maximum absolute atomic E-state index is 13.6. The van der Waals surface area contributed by atoms with Crippen LogP contribution < -0.4 is 10.6 Å². The molecule has 0 bridgehead atoms. The van der Waals surface area contributed by atoms with Gasteiger partial charge in [0, 0.05) is 18.5 Å². The van der Waals surface area contributed by atoms with E-state index in [9.17, 15) is 18.8 Å². The fourth-order valence-corrected chi connectivity index (χ4v) is 3.91. The van der Waals surface area contributed by atoms with Crippen molar-refractivity contribution < 1.29 is 23.9 Å². The second-order valence-corrected chi connectivity index (χ2v) is 7.82. The number of Topliss-reactive ketones (excluding diaryl/α,β-unsaturated/α-hetero) is 1. The molecule has 2 atom stereocenters. The minimum absolute atomic E-state index is 0.0278. The van der Waals surface area contributed by atoms with Crippen molar-refractivity contribution in [3.05, 3.63) is 65.5 Å². The average molecular weight is 426 g/mol.